The zero-order chi connectivity index (χ0) is 26.3. The molecule has 8 nitrogen and oxygen atoms in total. The summed E-state index contributed by atoms with van der Waals surface area (Å²) in [6, 6.07) is 25.2. The first-order valence-electron chi connectivity index (χ1n) is 13.1. The van der Waals surface area contributed by atoms with E-state index < -0.39 is 0 Å². The average molecular weight is 512 g/mol. The molecule has 38 heavy (non-hydrogen) atoms. The van der Waals surface area contributed by atoms with E-state index in [1.54, 1.807) is 24.3 Å². The number of likely N-dealkylation sites (tertiary alicyclic amines) is 1. The van der Waals surface area contributed by atoms with Gasteiger partial charge >= 0.3 is 0 Å². The normalized spacial score (nSPS) is 14.3. The average Bonchev–Trinajstić information content (AvgIpc) is 3.27. The van der Waals surface area contributed by atoms with Crippen molar-refractivity contribution in [2.75, 3.05) is 30.3 Å². The van der Waals surface area contributed by atoms with Gasteiger partial charge in [-0.05, 0) is 80.4 Å². The topological polar surface area (TPSA) is 88.5 Å². The summed E-state index contributed by atoms with van der Waals surface area (Å²) >= 11 is 0. The largest absolute Gasteiger partial charge is 0.486 e. The van der Waals surface area contributed by atoms with Crippen molar-refractivity contribution in [3.63, 3.8) is 0 Å². The van der Waals surface area contributed by atoms with E-state index in [0.717, 1.165) is 60.8 Å². The van der Waals surface area contributed by atoms with Crippen molar-refractivity contribution in [3.05, 3.63) is 84.7 Å². The Hall–Kier alpha value is -4.17. The molecule has 3 aromatic carbocycles. The minimum atomic E-state index is -0.122. The number of carbonyl (C=O) groups excluding carboxylic acids is 2. The van der Waals surface area contributed by atoms with Crippen LogP contribution in [0.25, 0.3) is 11.0 Å². The van der Waals surface area contributed by atoms with Crippen LogP contribution in [0.15, 0.2) is 78.9 Å². The third-order valence-electron chi connectivity index (χ3n) is 6.85. The molecule has 1 saturated heterocycles. The maximum atomic E-state index is 12.6. The molecule has 4 aromatic rings. The number of imidazole rings is 1. The quantitative estimate of drug-likeness (QED) is 0.333. The van der Waals surface area contributed by atoms with Crippen LogP contribution in [0.1, 0.15) is 25.6 Å². The summed E-state index contributed by atoms with van der Waals surface area (Å²) in [6.45, 7) is 4.89. The number of amides is 2. The van der Waals surface area contributed by atoms with Gasteiger partial charge in [0.15, 0.2) is 0 Å². The van der Waals surface area contributed by atoms with Crippen LogP contribution in [0, 0.1) is 5.92 Å². The predicted octanol–water partition coefficient (Wildman–Crippen LogP) is 4.92. The van der Waals surface area contributed by atoms with E-state index in [2.05, 4.69) is 32.2 Å². The zero-order valence-electron chi connectivity index (χ0n) is 21.6. The van der Waals surface area contributed by atoms with Gasteiger partial charge in [0.2, 0.25) is 11.8 Å². The van der Waals surface area contributed by atoms with Crippen molar-refractivity contribution >= 4 is 34.2 Å². The molecule has 1 aliphatic heterocycles. The fraction of sp³-hybridized carbons (Fsp3) is 0.300. The summed E-state index contributed by atoms with van der Waals surface area (Å²) in [5.41, 5.74) is 3.54. The Labute approximate surface area is 222 Å². The Balaban J connectivity index is 1.15. The van der Waals surface area contributed by atoms with Crippen LogP contribution >= 0.6 is 0 Å². The molecule has 1 aromatic heterocycles. The van der Waals surface area contributed by atoms with Gasteiger partial charge in [-0.2, -0.15) is 0 Å². The highest BCUT2D eigenvalue weighted by Crippen LogP contribution is 2.25. The monoisotopic (exact) mass is 511 g/mol. The van der Waals surface area contributed by atoms with E-state index in [1.165, 1.54) is 6.92 Å². The van der Waals surface area contributed by atoms with E-state index in [9.17, 15) is 9.59 Å². The number of carbonyl (C=O) groups is 2. The number of para-hydroxylation sites is 3. The van der Waals surface area contributed by atoms with Crippen LogP contribution in [0.4, 0.5) is 11.4 Å². The molecule has 5 rings (SSSR count). The first kappa shape index (κ1) is 25.5. The van der Waals surface area contributed by atoms with Crippen molar-refractivity contribution in [1.82, 2.24) is 14.5 Å². The van der Waals surface area contributed by atoms with E-state index in [0.29, 0.717) is 24.8 Å². The summed E-state index contributed by atoms with van der Waals surface area (Å²) in [5, 5.41) is 5.68. The van der Waals surface area contributed by atoms with E-state index in [-0.39, 0.29) is 11.8 Å². The summed E-state index contributed by atoms with van der Waals surface area (Å²) in [5.74, 6) is 2.12. The van der Waals surface area contributed by atoms with Gasteiger partial charge in [-0.25, -0.2) is 4.98 Å². The molecule has 0 atom stereocenters. The standard InChI is InChI=1S/C30H33N5O3/c1-22(36)31-24-11-13-25(14-12-24)32-30(37)20-34-17-15-23(16-18-34)19-35-28-10-6-5-9-27(28)33-29(35)21-38-26-7-3-2-4-8-26/h2-14,23H,15-21H2,1H3,(H,31,36)(H,32,37). The number of rotatable bonds is 9. The molecule has 196 valence electrons. The molecule has 0 unspecified atom stereocenters. The molecule has 8 heteroatoms. The van der Waals surface area contributed by atoms with Gasteiger partial charge in [0, 0.05) is 24.8 Å². The summed E-state index contributed by atoms with van der Waals surface area (Å²) in [6.07, 6.45) is 2.04. The summed E-state index contributed by atoms with van der Waals surface area (Å²) in [7, 11) is 0. The number of aromatic nitrogens is 2. The van der Waals surface area contributed by atoms with Gasteiger partial charge in [-0.3, -0.25) is 14.5 Å². The molecule has 2 heterocycles. The third kappa shape index (κ3) is 6.58. The molecular weight excluding hydrogens is 478 g/mol. The maximum absolute atomic E-state index is 12.6. The Kier molecular flexibility index (Phi) is 7.99. The molecule has 0 radical (unpaired) electrons. The summed E-state index contributed by atoms with van der Waals surface area (Å²) in [4.78, 5) is 30.9. The second-order valence-electron chi connectivity index (χ2n) is 9.76. The van der Waals surface area contributed by atoms with Crippen molar-refractivity contribution in [2.24, 2.45) is 5.92 Å². The van der Waals surface area contributed by atoms with Crippen LogP contribution < -0.4 is 15.4 Å². The lowest BCUT2D eigenvalue weighted by Gasteiger charge is -2.32. The van der Waals surface area contributed by atoms with Crippen LogP contribution in [0.3, 0.4) is 0 Å². The van der Waals surface area contributed by atoms with Crippen molar-refractivity contribution in [2.45, 2.75) is 32.9 Å². The summed E-state index contributed by atoms with van der Waals surface area (Å²) < 4.78 is 8.33. The predicted molar refractivity (Wildman–Crippen MR) is 149 cm³/mol. The van der Waals surface area contributed by atoms with Gasteiger partial charge in [0.05, 0.1) is 17.6 Å². The van der Waals surface area contributed by atoms with Crippen molar-refractivity contribution in [1.29, 1.82) is 0 Å². The van der Waals surface area contributed by atoms with Gasteiger partial charge in [0.25, 0.3) is 0 Å². The first-order valence-corrected chi connectivity index (χ1v) is 13.1. The van der Waals surface area contributed by atoms with Crippen molar-refractivity contribution < 1.29 is 14.3 Å². The van der Waals surface area contributed by atoms with Crippen molar-refractivity contribution in [3.8, 4) is 5.75 Å². The van der Waals surface area contributed by atoms with E-state index >= 15 is 0 Å². The minimum Gasteiger partial charge on any atom is -0.486 e. The molecule has 0 spiro atoms. The van der Waals surface area contributed by atoms with Crippen LogP contribution in [0.2, 0.25) is 0 Å². The smallest absolute Gasteiger partial charge is 0.238 e. The lowest BCUT2D eigenvalue weighted by molar-refractivity contribution is -0.117. The molecule has 2 N–H and O–H groups in total. The third-order valence-corrected chi connectivity index (χ3v) is 6.85. The highest BCUT2D eigenvalue weighted by atomic mass is 16.5. The van der Waals surface area contributed by atoms with Gasteiger partial charge < -0.3 is 19.9 Å². The molecule has 1 fully saturated rings. The number of piperidine rings is 1. The highest BCUT2D eigenvalue weighted by molar-refractivity contribution is 5.93. The molecule has 0 bridgehead atoms. The van der Waals surface area contributed by atoms with E-state index in [1.807, 2.05) is 42.5 Å². The molecule has 0 saturated carbocycles. The number of anilines is 2. The minimum absolute atomic E-state index is 0.0309. The fourth-order valence-corrected chi connectivity index (χ4v) is 4.93. The Morgan fingerprint density at radius 1 is 0.895 bits per heavy atom. The Bertz CT molecular complexity index is 1380. The highest BCUT2D eigenvalue weighted by Gasteiger charge is 2.23. The van der Waals surface area contributed by atoms with Gasteiger partial charge in [-0.15, -0.1) is 0 Å². The lowest BCUT2D eigenvalue weighted by Crippen LogP contribution is -2.40. The van der Waals surface area contributed by atoms with E-state index in [4.69, 9.17) is 9.72 Å². The van der Waals surface area contributed by atoms with Crippen LogP contribution in [0.5, 0.6) is 5.75 Å². The van der Waals surface area contributed by atoms with Gasteiger partial charge in [0.1, 0.15) is 18.2 Å². The first-order chi connectivity index (χ1) is 18.5. The SMILES string of the molecule is CC(=O)Nc1ccc(NC(=O)CN2CCC(Cn3c(COc4ccccc4)nc4ccccc43)CC2)cc1. The number of nitrogens with one attached hydrogen (secondary N) is 2. The van der Waals surface area contributed by atoms with Gasteiger partial charge in [-0.1, -0.05) is 30.3 Å². The Morgan fingerprint density at radius 3 is 2.26 bits per heavy atom. The zero-order valence-corrected chi connectivity index (χ0v) is 21.6. The molecule has 0 aliphatic carbocycles. The number of hydrogen-bond donors (Lipinski definition) is 2. The molecule has 2 amide bonds. The number of nitrogens with zero attached hydrogens (tertiary/aromatic N) is 3. The maximum Gasteiger partial charge on any atom is 0.238 e. The Morgan fingerprint density at radius 2 is 1.55 bits per heavy atom. The lowest BCUT2D eigenvalue weighted by atomic mass is 9.96. The second-order valence-corrected chi connectivity index (χ2v) is 9.76. The fourth-order valence-electron chi connectivity index (χ4n) is 4.93. The van der Waals surface area contributed by atoms with Crippen LogP contribution in [-0.2, 0) is 22.7 Å². The second kappa shape index (κ2) is 11.9. The number of benzene rings is 3. The van der Waals surface area contributed by atoms with Crippen LogP contribution in [-0.4, -0.2) is 45.9 Å². The molecular formula is C30H33N5O3. The number of fused-ring (bicyclic) bond motifs is 1. The number of hydrogen-bond acceptors (Lipinski definition) is 5. The number of ether oxygens (including phenoxy) is 1. The molecule has 1 aliphatic rings.